The van der Waals surface area contributed by atoms with E-state index in [1.54, 1.807) is 0 Å². The maximum absolute atomic E-state index is 11.6. The molecule has 0 N–H and O–H groups in total. The van der Waals surface area contributed by atoms with E-state index in [0.29, 0.717) is 25.4 Å². The lowest BCUT2D eigenvalue weighted by Crippen LogP contribution is -2.16. The first-order valence-electron chi connectivity index (χ1n) is 8.30. The molecule has 0 amide bonds. The molecule has 0 aliphatic heterocycles. The third-order valence-corrected chi connectivity index (χ3v) is 3.26. The van der Waals surface area contributed by atoms with Crippen molar-refractivity contribution in [2.75, 3.05) is 6.61 Å². The van der Waals surface area contributed by atoms with E-state index in [4.69, 9.17) is 9.47 Å². The minimum Gasteiger partial charge on any atom is -0.466 e. The normalized spacial score (nSPS) is 12.2. The Bertz CT molecular complexity index is 287. The molecule has 4 nitrogen and oxygen atoms in total. The summed E-state index contributed by atoms with van der Waals surface area (Å²) in [5.74, 6) is 0.186. The fraction of sp³-hybridized carbons (Fsp3) is 0.882. The van der Waals surface area contributed by atoms with Crippen LogP contribution in [0.4, 0.5) is 0 Å². The zero-order chi connectivity index (χ0) is 16.1. The van der Waals surface area contributed by atoms with Crippen LogP contribution < -0.4 is 0 Å². The standard InChI is InChI=1S/C17H32O4/c1-5-6-7-13-20-16(18)9-8-10-17(19)21-15(4)12-11-14(2)3/h14-15H,5-13H2,1-4H3. The minimum absolute atomic E-state index is 0.0408. The van der Waals surface area contributed by atoms with Gasteiger partial charge in [0.05, 0.1) is 12.7 Å². The maximum Gasteiger partial charge on any atom is 0.306 e. The van der Waals surface area contributed by atoms with Crippen LogP contribution in [0.5, 0.6) is 0 Å². The van der Waals surface area contributed by atoms with Crippen molar-refractivity contribution in [3.63, 3.8) is 0 Å². The number of rotatable bonds is 12. The SMILES string of the molecule is CCCCCOC(=O)CCCC(=O)OC(C)CCC(C)C. The lowest BCUT2D eigenvalue weighted by Gasteiger charge is -2.14. The van der Waals surface area contributed by atoms with Gasteiger partial charge in [0.2, 0.25) is 0 Å². The summed E-state index contributed by atoms with van der Waals surface area (Å²) >= 11 is 0. The molecule has 0 saturated heterocycles. The Hall–Kier alpha value is -1.06. The molecule has 124 valence electrons. The number of hydrogen-bond donors (Lipinski definition) is 0. The van der Waals surface area contributed by atoms with Gasteiger partial charge < -0.3 is 9.47 Å². The molecule has 1 unspecified atom stereocenters. The molecule has 0 spiro atoms. The van der Waals surface area contributed by atoms with Crippen molar-refractivity contribution in [1.82, 2.24) is 0 Å². The van der Waals surface area contributed by atoms with Crippen LogP contribution in [0.1, 0.15) is 79.1 Å². The highest BCUT2D eigenvalue weighted by molar-refractivity contribution is 5.72. The van der Waals surface area contributed by atoms with Gasteiger partial charge in [-0.15, -0.1) is 0 Å². The lowest BCUT2D eigenvalue weighted by molar-refractivity contribution is -0.149. The zero-order valence-corrected chi connectivity index (χ0v) is 14.2. The Labute approximate surface area is 129 Å². The molecular formula is C17H32O4. The second-order valence-corrected chi connectivity index (χ2v) is 6.05. The summed E-state index contributed by atoms with van der Waals surface area (Å²) in [4.78, 5) is 23.0. The number of carbonyl (C=O) groups is 2. The highest BCUT2D eigenvalue weighted by Crippen LogP contribution is 2.10. The smallest absolute Gasteiger partial charge is 0.306 e. The minimum atomic E-state index is -0.218. The third kappa shape index (κ3) is 13.7. The van der Waals surface area contributed by atoms with Gasteiger partial charge in [-0.3, -0.25) is 9.59 Å². The van der Waals surface area contributed by atoms with Crippen LogP contribution in [0, 0.1) is 5.92 Å². The molecule has 4 heteroatoms. The number of ether oxygens (including phenoxy) is 2. The van der Waals surface area contributed by atoms with Crippen molar-refractivity contribution >= 4 is 11.9 Å². The van der Waals surface area contributed by atoms with Gasteiger partial charge in [0, 0.05) is 12.8 Å². The molecule has 0 radical (unpaired) electrons. The fourth-order valence-corrected chi connectivity index (χ4v) is 1.90. The molecule has 0 aromatic rings. The van der Waals surface area contributed by atoms with Gasteiger partial charge in [-0.1, -0.05) is 33.6 Å². The molecule has 0 saturated carbocycles. The highest BCUT2D eigenvalue weighted by atomic mass is 16.5. The number of hydrogen-bond acceptors (Lipinski definition) is 4. The quantitative estimate of drug-likeness (QED) is 0.399. The summed E-state index contributed by atoms with van der Waals surface area (Å²) in [6.45, 7) is 8.82. The molecule has 21 heavy (non-hydrogen) atoms. The van der Waals surface area contributed by atoms with Gasteiger partial charge in [-0.25, -0.2) is 0 Å². The van der Waals surface area contributed by atoms with E-state index in [-0.39, 0.29) is 24.5 Å². The average Bonchev–Trinajstić information content (AvgIpc) is 2.41. The second-order valence-electron chi connectivity index (χ2n) is 6.05. The predicted molar refractivity (Wildman–Crippen MR) is 84.0 cm³/mol. The van der Waals surface area contributed by atoms with Crippen LogP contribution in [0.3, 0.4) is 0 Å². The first-order chi connectivity index (χ1) is 9.95. The topological polar surface area (TPSA) is 52.6 Å². The van der Waals surface area contributed by atoms with E-state index in [9.17, 15) is 9.59 Å². The predicted octanol–water partition coefficient (Wildman–Crippen LogP) is 4.26. The van der Waals surface area contributed by atoms with Gasteiger partial charge >= 0.3 is 11.9 Å². The van der Waals surface area contributed by atoms with E-state index < -0.39 is 0 Å². The summed E-state index contributed by atoms with van der Waals surface area (Å²) in [6.07, 6.45) is 6.09. The van der Waals surface area contributed by atoms with Crippen LogP contribution in [0.2, 0.25) is 0 Å². The van der Waals surface area contributed by atoms with Crippen LogP contribution >= 0.6 is 0 Å². The number of esters is 2. The van der Waals surface area contributed by atoms with E-state index in [1.165, 1.54) is 0 Å². The lowest BCUT2D eigenvalue weighted by atomic mass is 10.1. The van der Waals surface area contributed by atoms with Crippen molar-refractivity contribution in [1.29, 1.82) is 0 Å². The first kappa shape index (κ1) is 19.9. The van der Waals surface area contributed by atoms with Crippen LogP contribution in [-0.2, 0) is 19.1 Å². The average molecular weight is 300 g/mol. The van der Waals surface area contributed by atoms with E-state index >= 15 is 0 Å². The van der Waals surface area contributed by atoms with Crippen molar-refractivity contribution < 1.29 is 19.1 Å². The largest absolute Gasteiger partial charge is 0.466 e. The van der Waals surface area contributed by atoms with E-state index in [1.807, 2.05) is 6.92 Å². The van der Waals surface area contributed by atoms with Crippen LogP contribution in [-0.4, -0.2) is 24.6 Å². The summed E-state index contributed by atoms with van der Waals surface area (Å²) < 4.78 is 10.4. The maximum atomic E-state index is 11.6. The molecule has 0 rings (SSSR count). The van der Waals surface area contributed by atoms with Crippen molar-refractivity contribution in [3.8, 4) is 0 Å². The molecule has 0 aromatic carbocycles. The van der Waals surface area contributed by atoms with Crippen molar-refractivity contribution in [2.24, 2.45) is 5.92 Å². The van der Waals surface area contributed by atoms with Gasteiger partial charge in [0.15, 0.2) is 0 Å². The zero-order valence-electron chi connectivity index (χ0n) is 14.2. The summed E-state index contributed by atoms with van der Waals surface area (Å²) in [7, 11) is 0. The van der Waals surface area contributed by atoms with Gasteiger partial charge in [-0.05, 0) is 38.5 Å². The van der Waals surface area contributed by atoms with Crippen LogP contribution in [0.15, 0.2) is 0 Å². The second kappa shape index (κ2) is 12.7. The van der Waals surface area contributed by atoms with E-state index in [0.717, 1.165) is 32.1 Å². The molecule has 1 atom stereocenters. The van der Waals surface area contributed by atoms with Gasteiger partial charge in [-0.2, -0.15) is 0 Å². The Morgan fingerprint density at radius 3 is 2.19 bits per heavy atom. The molecular weight excluding hydrogens is 268 g/mol. The first-order valence-corrected chi connectivity index (χ1v) is 8.30. The molecule has 0 aliphatic rings. The van der Waals surface area contributed by atoms with Crippen LogP contribution in [0.25, 0.3) is 0 Å². The Kier molecular flexibility index (Phi) is 12.0. The Balaban J connectivity index is 3.58. The molecule has 0 aliphatic carbocycles. The van der Waals surface area contributed by atoms with Crippen molar-refractivity contribution in [2.45, 2.75) is 85.2 Å². The Morgan fingerprint density at radius 2 is 1.57 bits per heavy atom. The monoisotopic (exact) mass is 300 g/mol. The van der Waals surface area contributed by atoms with Gasteiger partial charge in [0.25, 0.3) is 0 Å². The Morgan fingerprint density at radius 1 is 0.905 bits per heavy atom. The van der Waals surface area contributed by atoms with Gasteiger partial charge in [0.1, 0.15) is 0 Å². The molecule has 0 bridgehead atoms. The molecule has 0 aromatic heterocycles. The number of unbranched alkanes of at least 4 members (excludes halogenated alkanes) is 2. The highest BCUT2D eigenvalue weighted by Gasteiger charge is 2.11. The summed E-state index contributed by atoms with van der Waals surface area (Å²) in [5.41, 5.74) is 0. The number of carbonyl (C=O) groups excluding carboxylic acids is 2. The fourth-order valence-electron chi connectivity index (χ4n) is 1.90. The van der Waals surface area contributed by atoms with E-state index in [2.05, 4.69) is 20.8 Å². The third-order valence-electron chi connectivity index (χ3n) is 3.26. The van der Waals surface area contributed by atoms with Crippen molar-refractivity contribution in [3.05, 3.63) is 0 Å². The molecule has 0 fully saturated rings. The molecule has 0 heterocycles. The summed E-state index contributed by atoms with van der Waals surface area (Å²) in [6, 6.07) is 0. The summed E-state index contributed by atoms with van der Waals surface area (Å²) in [5, 5.41) is 0.